The Labute approximate surface area is 209 Å². The third kappa shape index (κ3) is 8.02. The molecule has 0 aromatic carbocycles. The number of carbonyl (C=O) groups excluding carboxylic acids is 2. The van der Waals surface area contributed by atoms with Gasteiger partial charge in [0.15, 0.2) is 0 Å². The van der Waals surface area contributed by atoms with Crippen LogP contribution in [0.1, 0.15) is 84.3 Å². The summed E-state index contributed by atoms with van der Waals surface area (Å²) < 4.78 is 5.92. The highest BCUT2D eigenvalue weighted by Crippen LogP contribution is 2.31. The van der Waals surface area contributed by atoms with Crippen molar-refractivity contribution in [1.82, 2.24) is 4.98 Å². The lowest BCUT2D eigenvalue weighted by Gasteiger charge is -2.31. The zero-order chi connectivity index (χ0) is 25.5. The molecule has 0 spiro atoms. The van der Waals surface area contributed by atoms with E-state index in [2.05, 4.69) is 30.1 Å². The largest absolute Gasteiger partial charge is 0.457 e. The molecule has 1 N–H and O–H groups in total. The van der Waals surface area contributed by atoms with Crippen LogP contribution in [0.2, 0.25) is 0 Å². The zero-order valence-corrected chi connectivity index (χ0v) is 22.6. The lowest BCUT2D eigenvalue weighted by Crippen LogP contribution is -2.39. The number of aliphatic hydroxyl groups is 1. The van der Waals surface area contributed by atoms with Crippen LogP contribution in [0.25, 0.3) is 6.08 Å². The molecule has 1 aromatic heterocycles. The molecular formula is C28H41NO4S. The number of ketones is 1. The van der Waals surface area contributed by atoms with E-state index in [0.29, 0.717) is 19.3 Å². The van der Waals surface area contributed by atoms with Crippen LogP contribution < -0.4 is 0 Å². The average Bonchev–Trinajstić information content (AvgIpc) is 3.20. The molecule has 34 heavy (non-hydrogen) atoms. The van der Waals surface area contributed by atoms with Crippen molar-refractivity contribution in [2.45, 2.75) is 92.8 Å². The summed E-state index contributed by atoms with van der Waals surface area (Å²) >= 11 is 1.59. The van der Waals surface area contributed by atoms with Gasteiger partial charge < -0.3 is 9.84 Å². The smallest absolute Gasteiger partial charge is 0.306 e. The molecule has 188 valence electrons. The van der Waals surface area contributed by atoms with Crippen LogP contribution in [0.3, 0.4) is 0 Å². The maximum Gasteiger partial charge on any atom is 0.306 e. The minimum absolute atomic E-state index is 0.0172. The summed E-state index contributed by atoms with van der Waals surface area (Å²) in [7, 11) is 0. The summed E-state index contributed by atoms with van der Waals surface area (Å²) in [5, 5.41) is 13.8. The van der Waals surface area contributed by atoms with E-state index in [1.807, 2.05) is 46.1 Å². The summed E-state index contributed by atoms with van der Waals surface area (Å²) in [6, 6.07) is 0. The van der Waals surface area contributed by atoms with E-state index >= 15 is 0 Å². The Hall–Kier alpha value is -2.05. The molecule has 0 unspecified atom stereocenters. The standard InChI is InChI=1S/C28H41NO4S/c1-8-22-11-9-10-18(2)26(31)20(4)27(32)28(6,7)15-14-25(30)33-24(13-12-22)19(3)16-23-17-34-21(5)29-23/h9,11-12,16-18,20,24,26,31H,8,10,13-15H2,1-7H3/b11-9+,19-16+,22-12-/t18-,20+,24-,26-/m0/s1. The number of hydrogen-bond donors (Lipinski definition) is 1. The average molecular weight is 488 g/mol. The number of aliphatic hydroxyl groups excluding tert-OH is 1. The lowest BCUT2D eigenvalue weighted by atomic mass is 9.74. The van der Waals surface area contributed by atoms with Gasteiger partial charge in [0.05, 0.1) is 16.8 Å². The van der Waals surface area contributed by atoms with Crippen LogP contribution in [0.4, 0.5) is 0 Å². The molecule has 1 aromatic rings. The number of allylic oxidation sites excluding steroid dienone is 3. The summed E-state index contributed by atoms with van der Waals surface area (Å²) in [4.78, 5) is 30.5. The highest BCUT2D eigenvalue weighted by molar-refractivity contribution is 7.09. The molecule has 5 nitrogen and oxygen atoms in total. The van der Waals surface area contributed by atoms with Gasteiger partial charge in [-0.2, -0.15) is 0 Å². The minimum atomic E-state index is -0.725. The third-order valence-corrected chi connectivity index (χ3v) is 7.56. The first-order valence-corrected chi connectivity index (χ1v) is 13.2. The molecule has 1 aliphatic rings. The van der Waals surface area contributed by atoms with Gasteiger partial charge in [0.2, 0.25) is 0 Å². The Balaban J connectivity index is 2.36. The van der Waals surface area contributed by atoms with Crippen LogP contribution in [0.5, 0.6) is 0 Å². The Kier molecular flexibility index (Phi) is 10.4. The van der Waals surface area contributed by atoms with Gasteiger partial charge in [-0.1, -0.05) is 58.4 Å². The Morgan fingerprint density at radius 3 is 2.62 bits per heavy atom. The Bertz CT molecular complexity index is 940. The van der Waals surface area contributed by atoms with Crippen molar-refractivity contribution < 1.29 is 19.4 Å². The molecule has 0 radical (unpaired) electrons. The number of rotatable bonds is 3. The van der Waals surface area contributed by atoms with Gasteiger partial charge in [-0.25, -0.2) is 4.98 Å². The highest BCUT2D eigenvalue weighted by atomic mass is 32.1. The van der Waals surface area contributed by atoms with Crippen LogP contribution >= 0.6 is 11.3 Å². The number of esters is 1. The number of carbonyl (C=O) groups is 2. The fourth-order valence-electron chi connectivity index (χ4n) is 4.28. The second kappa shape index (κ2) is 12.6. The molecule has 4 atom stereocenters. The lowest BCUT2D eigenvalue weighted by molar-refractivity contribution is -0.148. The molecule has 0 bridgehead atoms. The van der Waals surface area contributed by atoms with Crippen molar-refractivity contribution in [1.29, 1.82) is 0 Å². The summed E-state index contributed by atoms with van der Waals surface area (Å²) in [6.07, 6.45) is 9.78. The molecule has 0 amide bonds. The quantitative estimate of drug-likeness (QED) is 0.495. The van der Waals surface area contributed by atoms with Gasteiger partial charge in [0, 0.05) is 29.6 Å². The topological polar surface area (TPSA) is 76.5 Å². The van der Waals surface area contributed by atoms with Crippen LogP contribution in [-0.2, 0) is 14.3 Å². The molecule has 2 heterocycles. The maximum atomic E-state index is 13.1. The van der Waals surface area contributed by atoms with E-state index in [-0.39, 0.29) is 24.1 Å². The fourth-order valence-corrected chi connectivity index (χ4v) is 4.85. The second-order valence-electron chi connectivity index (χ2n) is 10.2. The molecule has 0 saturated carbocycles. The van der Waals surface area contributed by atoms with Crippen molar-refractivity contribution in [2.24, 2.45) is 17.3 Å². The van der Waals surface area contributed by atoms with Gasteiger partial charge in [-0.05, 0) is 50.7 Å². The van der Waals surface area contributed by atoms with Crippen molar-refractivity contribution in [3.8, 4) is 0 Å². The summed E-state index contributed by atoms with van der Waals surface area (Å²) in [5.74, 6) is -0.871. The molecule has 1 aliphatic heterocycles. The third-order valence-electron chi connectivity index (χ3n) is 6.77. The van der Waals surface area contributed by atoms with Gasteiger partial charge in [-0.3, -0.25) is 9.59 Å². The Morgan fingerprint density at radius 1 is 1.29 bits per heavy atom. The van der Waals surface area contributed by atoms with E-state index in [1.165, 1.54) is 0 Å². The predicted octanol–water partition coefficient (Wildman–Crippen LogP) is 6.46. The normalized spacial score (nSPS) is 30.4. The number of aromatic nitrogens is 1. The Morgan fingerprint density at radius 2 is 2.00 bits per heavy atom. The van der Waals surface area contributed by atoms with E-state index < -0.39 is 23.5 Å². The van der Waals surface area contributed by atoms with E-state index in [1.54, 1.807) is 18.3 Å². The van der Waals surface area contributed by atoms with Crippen LogP contribution in [0.15, 0.2) is 34.8 Å². The molecule has 0 fully saturated rings. The van der Waals surface area contributed by atoms with Gasteiger partial charge in [0.1, 0.15) is 11.9 Å². The summed E-state index contributed by atoms with van der Waals surface area (Å²) in [5.41, 5.74) is 2.24. The fraction of sp³-hybridized carbons (Fsp3) is 0.607. The van der Waals surface area contributed by atoms with E-state index in [4.69, 9.17) is 4.74 Å². The van der Waals surface area contributed by atoms with Gasteiger partial charge >= 0.3 is 5.97 Å². The highest BCUT2D eigenvalue weighted by Gasteiger charge is 2.36. The molecule has 0 aliphatic carbocycles. The number of ether oxygens (including phenoxy) is 1. The van der Waals surface area contributed by atoms with Crippen molar-refractivity contribution in [3.63, 3.8) is 0 Å². The molecule has 6 heteroatoms. The van der Waals surface area contributed by atoms with Crippen molar-refractivity contribution in [2.75, 3.05) is 0 Å². The molecule has 0 saturated heterocycles. The number of thiazole rings is 1. The first kappa shape index (κ1) is 28.2. The maximum absolute atomic E-state index is 13.1. The first-order chi connectivity index (χ1) is 15.9. The van der Waals surface area contributed by atoms with Crippen molar-refractivity contribution >= 4 is 29.2 Å². The second-order valence-corrected chi connectivity index (χ2v) is 11.2. The van der Waals surface area contributed by atoms with Gasteiger partial charge in [0.25, 0.3) is 0 Å². The zero-order valence-electron chi connectivity index (χ0n) is 21.8. The monoisotopic (exact) mass is 487 g/mol. The van der Waals surface area contributed by atoms with E-state index in [0.717, 1.165) is 28.3 Å². The number of nitrogens with zero attached hydrogens (tertiary/aromatic N) is 1. The van der Waals surface area contributed by atoms with Crippen molar-refractivity contribution in [3.05, 3.63) is 45.5 Å². The minimum Gasteiger partial charge on any atom is -0.457 e. The van der Waals surface area contributed by atoms with Crippen LogP contribution in [0, 0.1) is 24.2 Å². The molecular weight excluding hydrogens is 446 g/mol. The predicted molar refractivity (Wildman–Crippen MR) is 139 cm³/mol. The SMILES string of the molecule is CCC1=C/C[C@@H](/C(C)=C/c2csc(C)n2)OC(=O)CCC(C)(C)C(=O)[C@H](C)[C@@H](O)[C@@H](C)C\C=C\1. The number of hydrogen-bond acceptors (Lipinski definition) is 6. The number of cyclic esters (lactones) is 1. The first-order valence-electron chi connectivity index (χ1n) is 12.3. The number of aryl methyl sites for hydroxylation is 1. The number of Topliss-reactive ketones (excluding diaryl/α,β-unsaturated/α-hetero) is 1. The van der Waals surface area contributed by atoms with E-state index in [9.17, 15) is 14.7 Å². The summed E-state index contributed by atoms with van der Waals surface area (Å²) in [6.45, 7) is 13.5. The van der Waals surface area contributed by atoms with Gasteiger partial charge in [-0.15, -0.1) is 11.3 Å². The molecule has 2 rings (SSSR count). The van der Waals surface area contributed by atoms with Crippen LogP contribution in [-0.4, -0.2) is 34.1 Å².